The lowest BCUT2D eigenvalue weighted by Crippen LogP contribution is -2.17. The summed E-state index contributed by atoms with van der Waals surface area (Å²) in [5.74, 6) is 0.954. The molecular formula is C18H17N3O2. The van der Waals surface area contributed by atoms with Gasteiger partial charge in [-0.1, -0.05) is 29.8 Å². The lowest BCUT2D eigenvalue weighted by Gasteiger charge is -2.09. The molecule has 5 heteroatoms. The van der Waals surface area contributed by atoms with Crippen LogP contribution < -0.4 is 16.0 Å². The predicted octanol–water partition coefficient (Wildman–Crippen LogP) is 2.70. The molecule has 1 aromatic carbocycles. The van der Waals surface area contributed by atoms with Crippen LogP contribution in [0.1, 0.15) is 11.1 Å². The third-order valence-electron chi connectivity index (χ3n) is 3.47. The van der Waals surface area contributed by atoms with Gasteiger partial charge in [-0.15, -0.1) is 0 Å². The number of pyridine rings is 2. The first-order valence-electron chi connectivity index (χ1n) is 7.25. The fraction of sp³-hybridized carbons (Fsp3) is 0.111. The van der Waals surface area contributed by atoms with Crippen molar-refractivity contribution >= 4 is 5.82 Å². The van der Waals surface area contributed by atoms with Gasteiger partial charge in [0.25, 0.3) is 5.56 Å². The van der Waals surface area contributed by atoms with Crippen LogP contribution in [0.4, 0.5) is 5.82 Å². The van der Waals surface area contributed by atoms with Crippen LogP contribution in [-0.2, 0) is 6.61 Å². The molecule has 5 nitrogen and oxygen atoms in total. The Morgan fingerprint density at radius 3 is 2.57 bits per heavy atom. The average molecular weight is 307 g/mol. The number of aromatic nitrogens is 2. The quantitative estimate of drug-likeness (QED) is 0.804. The van der Waals surface area contributed by atoms with Gasteiger partial charge in [0.05, 0.1) is 11.9 Å². The summed E-state index contributed by atoms with van der Waals surface area (Å²) in [4.78, 5) is 16.2. The van der Waals surface area contributed by atoms with Crippen molar-refractivity contribution in [2.45, 2.75) is 13.5 Å². The highest BCUT2D eigenvalue weighted by Gasteiger charge is 2.03. The molecule has 2 aromatic heterocycles. The Morgan fingerprint density at radius 1 is 1.13 bits per heavy atom. The largest absolute Gasteiger partial charge is 0.489 e. The van der Waals surface area contributed by atoms with Crippen molar-refractivity contribution in [3.05, 3.63) is 82.4 Å². The first-order valence-corrected chi connectivity index (χ1v) is 7.25. The molecule has 3 rings (SSSR count). The molecule has 0 aliphatic heterocycles. The Balaban J connectivity index is 1.75. The number of ether oxygens (including phenoxy) is 1. The predicted molar refractivity (Wildman–Crippen MR) is 89.8 cm³/mol. The molecule has 3 aromatic rings. The Hall–Kier alpha value is -3.08. The number of aryl methyl sites for hydroxylation is 1. The molecule has 0 saturated carbocycles. The van der Waals surface area contributed by atoms with Crippen LogP contribution in [0.2, 0.25) is 0 Å². The van der Waals surface area contributed by atoms with Gasteiger partial charge in [0.2, 0.25) is 0 Å². The first kappa shape index (κ1) is 14.8. The summed E-state index contributed by atoms with van der Waals surface area (Å²) in [6.45, 7) is 2.46. The van der Waals surface area contributed by atoms with E-state index in [9.17, 15) is 4.79 Å². The first-order chi connectivity index (χ1) is 11.1. The minimum atomic E-state index is -0.182. The van der Waals surface area contributed by atoms with E-state index in [2.05, 4.69) is 4.98 Å². The van der Waals surface area contributed by atoms with Crippen LogP contribution in [0.3, 0.4) is 0 Å². The molecular weight excluding hydrogens is 290 g/mol. The molecule has 0 bridgehead atoms. The van der Waals surface area contributed by atoms with E-state index in [0.29, 0.717) is 23.9 Å². The fourth-order valence-electron chi connectivity index (χ4n) is 2.15. The van der Waals surface area contributed by atoms with E-state index < -0.39 is 0 Å². The third-order valence-corrected chi connectivity index (χ3v) is 3.47. The maximum absolute atomic E-state index is 12.2. The van der Waals surface area contributed by atoms with Crippen LogP contribution >= 0.6 is 0 Å². The summed E-state index contributed by atoms with van der Waals surface area (Å²) in [6.07, 6.45) is 3.23. The highest BCUT2D eigenvalue weighted by atomic mass is 16.5. The monoisotopic (exact) mass is 307 g/mol. The lowest BCUT2D eigenvalue weighted by atomic mass is 10.2. The molecule has 23 heavy (non-hydrogen) atoms. The van der Waals surface area contributed by atoms with Crippen LogP contribution in [-0.4, -0.2) is 9.55 Å². The van der Waals surface area contributed by atoms with Crippen LogP contribution in [0, 0.1) is 6.92 Å². The number of nitrogens with two attached hydrogens (primary N) is 1. The SMILES string of the molecule is Cc1ccc(COc2ccn(-c3ccc(N)nc3)c(=O)c2)cc1. The van der Waals surface area contributed by atoms with Gasteiger partial charge >= 0.3 is 0 Å². The fourth-order valence-corrected chi connectivity index (χ4v) is 2.15. The second-order valence-corrected chi connectivity index (χ2v) is 5.29. The van der Waals surface area contributed by atoms with Crippen LogP contribution in [0.5, 0.6) is 5.75 Å². The molecule has 0 aliphatic carbocycles. The minimum absolute atomic E-state index is 0.182. The van der Waals surface area contributed by atoms with E-state index in [1.165, 1.54) is 16.2 Å². The van der Waals surface area contributed by atoms with Gasteiger partial charge in [0.1, 0.15) is 18.2 Å². The summed E-state index contributed by atoms with van der Waals surface area (Å²) in [5.41, 5.74) is 8.29. The zero-order valence-corrected chi connectivity index (χ0v) is 12.8. The topological polar surface area (TPSA) is 70.1 Å². The second-order valence-electron chi connectivity index (χ2n) is 5.29. The number of nitrogen functional groups attached to an aromatic ring is 1. The zero-order valence-electron chi connectivity index (χ0n) is 12.8. The zero-order chi connectivity index (χ0) is 16.2. The van der Waals surface area contributed by atoms with Crippen molar-refractivity contribution in [2.24, 2.45) is 0 Å². The Morgan fingerprint density at radius 2 is 1.91 bits per heavy atom. The van der Waals surface area contributed by atoms with Gasteiger partial charge < -0.3 is 10.5 Å². The van der Waals surface area contributed by atoms with Gasteiger partial charge in [-0.05, 0) is 30.7 Å². The molecule has 0 atom stereocenters. The lowest BCUT2D eigenvalue weighted by molar-refractivity contribution is 0.305. The van der Waals surface area contributed by atoms with Gasteiger partial charge in [0, 0.05) is 12.3 Å². The molecule has 0 spiro atoms. The number of hydrogen-bond acceptors (Lipinski definition) is 4. The molecule has 2 N–H and O–H groups in total. The second kappa shape index (κ2) is 6.36. The summed E-state index contributed by atoms with van der Waals surface area (Å²) >= 11 is 0. The van der Waals surface area contributed by atoms with Crippen molar-refractivity contribution in [3.63, 3.8) is 0 Å². The average Bonchev–Trinajstić information content (AvgIpc) is 2.55. The molecule has 0 amide bonds. The van der Waals surface area contributed by atoms with Crippen molar-refractivity contribution in [3.8, 4) is 11.4 Å². The third kappa shape index (κ3) is 3.58. The molecule has 0 radical (unpaired) electrons. The Bertz CT molecular complexity index is 853. The molecule has 116 valence electrons. The molecule has 0 fully saturated rings. The van der Waals surface area contributed by atoms with Gasteiger partial charge in [-0.2, -0.15) is 0 Å². The molecule has 0 aliphatic rings. The van der Waals surface area contributed by atoms with Gasteiger partial charge in [-0.25, -0.2) is 4.98 Å². The van der Waals surface area contributed by atoms with E-state index in [-0.39, 0.29) is 5.56 Å². The highest BCUT2D eigenvalue weighted by molar-refractivity contribution is 5.38. The van der Waals surface area contributed by atoms with Crippen molar-refractivity contribution in [1.82, 2.24) is 9.55 Å². The van der Waals surface area contributed by atoms with Crippen molar-refractivity contribution in [2.75, 3.05) is 5.73 Å². The normalized spacial score (nSPS) is 10.5. The molecule has 2 heterocycles. The highest BCUT2D eigenvalue weighted by Crippen LogP contribution is 2.12. The standard InChI is InChI=1S/C18H17N3O2/c1-13-2-4-14(5-3-13)12-23-16-8-9-21(18(22)10-16)15-6-7-17(19)20-11-15/h2-11H,12H2,1H3,(H2,19,20). The Kier molecular flexibility index (Phi) is 4.10. The van der Waals surface area contributed by atoms with Crippen molar-refractivity contribution < 1.29 is 4.74 Å². The van der Waals surface area contributed by atoms with Crippen LogP contribution in [0.25, 0.3) is 5.69 Å². The summed E-state index contributed by atoms with van der Waals surface area (Å²) < 4.78 is 7.17. The van der Waals surface area contributed by atoms with E-state index in [1.807, 2.05) is 31.2 Å². The number of nitrogens with zero attached hydrogens (tertiary/aromatic N) is 2. The number of hydrogen-bond donors (Lipinski definition) is 1. The maximum atomic E-state index is 12.2. The van der Waals surface area contributed by atoms with Gasteiger partial charge in [-0.3, -0.25) is 9.36 Å². The van der Waals surface area contributed by atoms with E-state index in [4.69, 9.17) is 10.5 Å². The molecule has 0 saturated heterocycles. The van der Waals surface area contributed by atoms with Crippen LogP contribution in [0.15, 0.2) is 65.7 Å². The van der Waals surface area contributed by atoms with E-state index in [1.54, 1.807) is 30.6 Å². The van der Waals surface area contributed by atoms with E-state index >= 15 is 0 Å². The smallest absolute Gasteiger partial charge is 0.258 e. The van der Waals surface area contributed by atoms with E-state index in [0.717, 1.165) is 5.56 Å². The minimum Gasteiger partial charge on any atom is -0.489 e. The Labute approximate surface area is 134 Å². The molecule has 0 unspecified atom stereocenters. The van der Waals surface area contributed by atoms with Crippen molar-refractivity contribution in [1.29, 1.82) is 0 Å². The number of rotatable bonds is 4. The number of benzene rings is 1. The number of anilines is 1. The summed E-state index contributed by atoms with van der Waals surface area (Å²) in [6, 6.07) is 14.7. The summed E-state index contributed by atoms with van der Waals surface area (Å²) in [5, 5.41) is 0. The summed E-state index contributed by atoms with van der Waals surface area (Å²) in [7, 11) is 0. The van der Waals surface area contributed by atoms with Gasteiger partial charge in [0.15, 0.2) is 0 Å². The maximum Gasteiger partial charge on any atom is 0.258 e.